The van der Waals surface area contributed by atoms with E-state index in [0.29, 0.717) is 11.1 Å². The zero-order valence-electron chi connectivity index (χ0n) is 11.3. The molecule has 0 N–H and O–H groups in total. The molecular formula is C15H21NO2. The second kappa shape index (κ2) is 7.07. The zero-order valence-corrected chi connectivity index (χ0v) is 11.3. The van der Waals surface area contributed by atoms with Crippen LogP contribution in [0.5, 0.6) is 0 Å². The van der Waals surface area contributed by atoms with Crippen molar-refractivity contribution in [3.05, 3.63) is 35.4 Å². The smallest absolute Gasteiger partial charge is 0.167 e. The fourth-order valence-corrected chi connectivity index (χ4v) is 2.11. The quantitative estimate of drug-likeness (QED) is 0.608. The highest BCUT2D eigenvalue weighted by Crippen LogP contribution is 2.19. The topological polar surface area (TPSA) is 37.4 Å². The molecule has 1 heterocycles. The Bertz CT molecular complexity index is 397. The lowest BCUT2D eigenvalue weighted by atomic mass is 9.96. The Labute approximate surface area is 109 Å². The van der Waals surface area contributed by atoms with E-state index in [0.717, 1.165) is 25.8 Å². The van der Waals surface area contributed by atoms with Gasteiger partial charge in [-0.1, -0.05) is 38.1 Å². The minimum Gasteiger partial charge on any atom is -0.306 e. The Kier molecular flexibility index (Phi) is 5.72. The van der Waals surface area contributed by atoms with Crippen LogP contribution >= 0.6 is 0 Å². The fraction of sp³-hybridized carbons (Fsp3) is 0.467. The van der Waals surface area contributed by atoms with Gasteiger partial charge in [-0.15, -0.1) is 0 Å². The second-order valence-electron chi connectivity index (χ2n) is 4.35. The molecule has 1 unspecified atom stereocenters. The number of aldehydes is 1. The summed E-state index contributed by atoms with van der Waals surface area (Å²) in [7, 11) is 2.03. The molecule has 98 valence electrons. The maximum Gasteiger partial charge on any atom is 0.167 e. The van der Waals surface area contributed by atoms with E-state index in [-0.39, 0.29) is 11.7 Å². The number of ketones is 1. The van der Waals surface area contributed by atoms with Crippen molar-refractivity contribution in [2.45, 2.75) is 20.3 Å². The summed E-state index contributed by atoms with van der Waals surface area (Å²) in [6, 6.07) is 6.87. The highest BCUT2D eigenvalue weighted by molar-refractivity contribution is 5.98. The highest BCUT2D eigenvalue weighted by atomic mass is 16.1. The summed E-state index contributed by atoms with van der Waals surface area (Å²) in [5.41, 5.74) is 1.32. The summed E-state index contributed by atoms with van der Waals surface area (Å²) < 4.78 is 0. The summed E-state index contributed by atoms with van der Waals surface area (Å²) in [5, 5.41) is 0. The minimum atomic E-state index is 0.118. The van der Waals surface area contributed by atoms with Crippen LogP contribution in [0.3, 0.4) is 0 Å². The average Bonchev–Trinajstić information content (AvgIpc) is 2.87. The molecule has 1 atom stereocenters. The Morgan fingerprint density at radius 3 is 2.33 bits per heavy atom. The van der Waals surface area contributed by atoms with Gasteiger partial charge in [0.15, 0.2) is 5.78 Å². The van der Waals surface area contributed by atoms with Gasteiger partial charge < -0.3 is 4.90 Å². The fourth-order valence-electron chi connectivity index (χ4n) is 2.11. The van der Waals surface area contributed by atoms with E-state index in [4.69, 9.17) is 0 Å². The predicted octanol–water partition coefficient (Wildman–Crippen LogP) is 2.66. The Morgan fingerprint density at radius 1 is 1.28 bits per heavy atom. The molecule has 0 saturated carbocycles. The lowest BCUT2D eigenvalue weighted by Gasteiger charge is -2.09. The summed E-state index contributed by atoms with van der Waals surface area (Å²) in [4.78, 5) is 24.7. The van der Waals surface area contributed by atoms with Crippen LogP contribution in [-0.2, 0) is 0 Å². The van der Waals surface area contributed by atoms with Crippen molar-refractivity contribution in [1.29, 1.82) is 0 Å². The van der Waals surface area contributed by atoms with E-state index in [1.165, 1.54) is 0 Å². The maximum atomic E-state index is 12.1. The van der Waals surface area contributed by atoms with Crippen molar-refractivity contribution in [2.24, 2.45) is 5.92 Å². The van der Waals surface area contributed by atoms with Crippen molar-refractivity contribution in [3.63, 3.8) is 0 Å². The van der Waals surface area contributed by atoms with Gasteiger partial charge in [-0.2, -0.15) is 0 Å². The first-order chi connectivity index (χ1) is 8.70. The van der Waals surface area contributed by atoms with Gasteiger partial charge in [0.1, 0.15) is 6.29 Å². The molecule has 0 aliphatic carbocycles. The van der Waals surface area contributed by atoms with Gasteiger partial charge >= 0.3 is 0 Å². The van der Waals surface area contributed by atoms with Crippen LogP contribution < -0.4 is 0 Å². The Hall–Kier alpha value is -1.48. The predicted molar refractivity (Wildman–Crippen MR) is 73.1 cm³/mol. The van der Waals surface area contributed by atoms with Gasteiger partial charge in [0.05, 0.1) is 0 Å². The van der Waals surface area contributed by atoms with Crippen molar-refractivity contribution >= 4 is 12.1 Å². The number of rotatable bonds is 3. The molecule has 0 bridgehead atoms. The number of nitrogens with zero attached hydrogens (tertiary/aromatic N) is 1. The van der Waals surface area contributed by atoms with E-state index >= 15 is 0 Å². The Balaban J connectivity index is 0.000000771. The van der Waals surface area contributed by atoms with Crippen LogP contribution in [0.1, 0.15) is 41.0 Å². The standard InChI is InChI=1S/C13H15NO2.C2H6/c1-14-7-6-12(8-14)13(16)11-4-2-10(9-15)3-5-11;1-2/h2-5,9,12H,6-8H2,1H3;1-2H3. The van der Waals surface area contributed by atoms with Gasteiger partial charge in [-0.3, -0.25) is 9.59 Å². The van der Waals surface area contributed by atoms with Crippen LogP contribution in [0.15, 0.2) is 24.3 Å². The Morgan fingerprint density at radius 2 is 1.89 bits per heavy atom. The molecule has 1 fully saturated rings. The molecule has 2 rings (SSSR count). The number of likely N-dealkylation sites (tertiary alicyclic amines) is 1. The SMILES string of the molecule is CC.CN1CCC(C(=O)c2ccc(C=O)cc2)C1. The van der Waals surface area contributed by atoms with Crippen molar-refractivity contribution in [3.8, 4) is 0 Å². The first kappa shape index (κ1) is 14.6. The normalized spacial score (nSPS) is 18.9. The first-order valence-corrected chi connectivity index (χ1v) is 6.48. The van der Waals surface area contributed by atoms with Gasteiger partial charge in [-0.05, 0) is 20.0 Å². The van der Waals surface area contributed by atoms with E-state index < -0.39 is 0 Å². The molecule has 3 heteroatoms. The molecule has 0 spiro atoms. The molecule has 1 aliphatic rings. The van der Waals surface area contributed by atoms with Crippen LogP contribution in [0.25, 0.3) is 0 Å². The van der Waals surface area contributed by atoms with Crippen LogP contribution in [0, 0.1) is 5.92 Å². The molecule has 1 aromatic carbocycles. The van der Waals surface area contributed by atoms with Gasteiger partial charge in [0, 0.05) is 23.6 Å². The van der Waals surface area contributed by atoms with Crippen molar-refractivity contribution < 1.29 is 9.59 Å². The second-order valence-corrected chi connectivity index (χ2v) is 4.35. The molecule has 0 radical (unpaired) electrons. The largest absolute Gasteiger partial charge is 0.306 e. The number of carbonyl (C=O) groups is 2. The van der Waals surface area contributed by atoms with Gasteiger partial charge in [0.2, 0.25) is 0 Å². The average molecular weight is 247 g/mol. The summed E-state index contributed by atoms with van der Waals surface area (Å²) in [6.45, 7) is 5.83. The lowest BCUT2D eigenvalue weighted by molar-refractivity contribution is 0.0924. The third kappa shape index (κ3) is 3.50. The third-order valence-corrected chi connectivity index (χ3v) is 3.09. The lowest BCUT2D eigenvalue weighted by Crippen LogP contribution is -2.19. The number of hydrogen-bond acceptors (Lipinski definition) is 3. The van der Waals surface area contributed by atoms with E-state index in [1.807, 2.05) is 20.9 Å². The molecule has 1 saturated heterocycles. The van der Waals surface area contributed by atoms with Crippen molar-refractivity contribution in [2.75, 3.05) is 20.1 Å². The molecule has 1 aromatic rings. The van der Waals surface area contributed by atoms with E-state index in [2.05, 4.69) is 4.90 Å². The number of hydrogen-bond donors (Lipinski definition) is 0. The van der Waals surface area contributed by atoms with E-state index in [9.17, 15) is 9.59 Å². The minimum absolute atomic E-state index is 0.118. The molecule has 1 aliphatic heterocycles. The summed E-state index contributed by atoms with van der Waals surface area (Å²) in [6.07, 6.45) is 1.72. The monoisotopic (exact) mass is 247 g/mol. The van der Waals surface area contributed by atoms with Crippen LogP contribution in [-0.4, -0.2) is 37.1 Å². The number of benzene rings is 1. The summed E-state index contributed by atoms with van der Waals surface area (Å²) >= 11 is 0. The van der Waals surface area contributed by atoms with Gasteiger partial charge in [0.25, 0.3) is 0 Å². The first-order valence-electron chi connectivity index (χ1n) is 6.48. The highest BCUT2D eigenvalue weighted by Gasteiger charge is 2.26. The van der Waals surface area contributed by atoms with Crippen molar-refractivity contribution in [1.82, 2.24) is 4.90 Å². The molecule has 3 nitrogen and oxygen atoms in total. The number of Topliss-reactive ketones (excluding diaryl/α,β-unsaturated/α-hetero) is 1. The van der Waals surface area contributed by atoms with E-state index in [1.54, 1.807) is 24.3 Å². The summed E-state index contributed by atoms with van der Waals surface area (Å²) in [5.74, 6) is 0.314. The molecule has 0 amide bonds. The molecule has 18 heavy (non-hydrogen) atoms. The number of carbonyl (C=O) groups excluding carboxylic acids is 2. The third-order valence-electron chi connectivity index (χ3n) is 3.09. The van der Waals surface area contributed by atoms with Crippen LogP contribution in [0.2, 0.25) is 0 Å². The zero-order chi connectivity index (χ0) is 13.5. The van der Waals surface area contributed by atoms with Gasteiger partial charge in [-0.25, -0.2) is 0 Å². The van der Waals surface area contributed by atoms with Crippen LogP contribution in [0.4, 0.5) is 0 Å². The molecular weight excluding hydrogens is 226 g/mol. The maximum absolute atomic E-state index is 12.1. The molecule has 0 aromatic heterocycles.